The summed E-state index contributed by atoms with van der Waals surface area (Å²) in [7, 11) is -3.21. The first-order valence-corrected chi connectivity index (χ1v) is 14.3. The number of Topliss-reactive ketones (excluding diaryl/α,β-unsaturated/α-hetero) is 1. The van der Waals surface area contributed by atoms with Gasteiger partial charge >= 0.3 is 0 Å². The van der Waals surface area contributed by atoms with Gasteiger partial charge in [0.15, 0.2) is 15.6 Å². The van der Waals surface area contributed by atoms with Gasteiger partial charge in [-0.05, 0) is 56.9 Å². The number of carbonyl (C=O) groups is 1. The zero-order valence-electron chi connectivity index (χ0n) is 20.8. The van der Waals surface area contributed by atoms with Crippen LogP contribution in [0.5, 0.6) is 5.88 Å². The van der Waals surface area contributed by atoms with E-state index in [-0.39, 0.29) is 23.2 Å². The molecule has 1 saturated heterocycles. The number of nitrogens with zero attached hydrogens (tertiary/aromatic N) is 4. The van der Waals surface area contributed by atoms with Crippen LogP contribution in [0.3, 0.4) is 0 Å². The monoisotopic (exact) mass is 522 g/mol. The highest BCUT2D eigenvalue weighted by Gasteiger charge is 2.43. The second-order valence-electron chi connectivity index (χ2n) is 9.53. The molecule has 3 aromatic rings. The van der Waals surface area contributed by atoms with Crippen molar-refractivity contribution < 1.29 is 22.7 Å². The highest BCUT2D eigenvalue weighted by molar-refractivity contribution is 7.91. The van der Waals surface area contributed by atoms with Gasteiger partial charge in [-0.2, -0.15) is 0 Å². The van der Waals surface area contributed by atoms with Gasteiger partial charge in [0.1, 0.15) is 0 Å². The molecule has 5 rings (SSSR count). The maximum atomic E-state index is 13.8. The molecule has 1 aliphatic heterocycles. The van der Waals surface area contributed by atoms with E-state index in [1.54, 1.807) is 30.7 Å². The molecule has 3 aromatic heterocycles. The van der Waals surface area contributed by atoms with Crippen molar-refractivity contribution in [3.05, 3.63) is 66.0 Å². The zero-order chi connectivity index (χ0) is 25.9. The van der Waals surface area contributed by atoms with E-state index in [9.17, 15) is 13.2 Å². The molecule has 0 atom stereocenters. The largest absolute Gasteiger partial charge is 0.477 e. The summed E-state index contributed by atoms with van der Waals surface area (Å²) < 4.78 is 36.1. The predicted octanol–water partition coefficient (Wildman–Crippen LogP) is 3.27. The third-order valence-corrected chi connectivity index (χ3v) is 9.11. The summed E-state index contributed by atoms with van der Waals surface area (Å²) in [4.78, 5) is 31.6. The molecule has 2 fully saturated rings. The Morgan fingerprint density at radius 2 is 1.86 bits per heavy atom. The lowest BCUT2D eigenvalue weighted by molar-refractivity contribution is -0.127. The van der Waals surface area contributed by atoms with Crippen LogP contribution in [0.15, 0.2) is 48.9 Å². The molecule has 0 N–H and O–H groups in total. The zero-order valence-corrected chi connectivity index (χ0v) is 21.6. The SMILES string of the molecule is CCOc1cncc(-c2ccc(CC(=O)C3(c4cccc(CS(=O)(=O)C5CC5)n4)CCOCC3)nc2)n1. The molecule has 1 saturated carbocycles. The molecule has 0 radical (unpaired) electrons. The Balaban J connectivity index is 1.36. The highest BCUT2D eigenvalue weighted by Crippen LogP contribution is 2.37. The summed E-state index contributed by atoms with van der Waals surface area (Å²) in [6.07, 6.45) is 7.45. The van der Waals surface area contributed by atoms with E-state index in [1.807, 2.05) is 25.1 Å². The van der Waals surface area contributed by atoms with Gasteiger partial charge in [-0.15, -0.1) is 0 Å². The van der Waals surface area contributed by atoms with Crippen molar-refractivity contribution in [1.82, 2.24) is 19.9 Å². The molecule has 0 amide bonds. The Bertz CT molecular complexity index is 1370. The number of carbonyl (C=O) groups excluding carboxylic acids is 1. The van der Waals surface area contributed by atoms with E-state index in [0.29, 0.717) is 61.3 Å². The van der Waals surface area contributed by atoms with E-state index in [1.165, 1.54) is 0 Å². The maximum absolute atomic E-state index is 13.8. The number of aromatic nitrogens is 4. The lowest BCUT2D eigenvalue weighted by Crippen LogP contribution is -2.43. The van der Waals surface area contributed by atoms with E-state index in [2.05, 4.69) is 15.0 Å². The van der Waals surface area contributed by atoms with Crippen molar-refractivity contribution in [3.63, 3.8) is 0 Å². The fourth-order valence-corrected chi connectivity index (χ4v) is 6.36. The van der Waals surface area contributed by atoms with Gasteiger partial charge in [0.2, 0.25) is 5.88 Å². The topological polar surface area (TPSA) is 121 Å². The van der Waals surface area contributed by atoms with Gasteiger partial charge in [-0.25, -0.2) is 13.4 Å². The van der Waals surface area contributed by atoms with Crippen molar-refractivity contribution in [2.45, 2.75) is 55.4 Å². The first kappa shape index (κ1) is 25.4. The van der Waals surface area contributed by atoms with Crippen molar-refractivity contribution in [2.75, 3.05) is 19.8 Å². The average Bonchev–Trinajstić information content (AvgIpc) is 3.77. The Kier molecular flexibility index (Phi) is 7.30. The molecule has 4 heterocycles. The molecular weight excluding hydrogens is 492 g/mol. The third kappa shape index (κ3) is 5.70. The Morgan fingerprint density at radius 3 is 2.57 bits per heavy atom. The summed E-state index contributed by atoms with van der Waals surface area (Å²) in [6, 6.07) is 9.05. The second-order valence-corrected chi connectivity index (χ2v) is 11.8. The highest BCUT2D eigenvalue weighted by atomic mass is 32.2. The molecule has 2 aliphatic rings. The first-order valence-electron chi connectivity index (χ1n) is 12.6. The van der Waals surface area contributed by atoms with Crippen LogP contribution < -0.4 is 4.74 Å². The lowest BCUT2D eigenvalue weighted by Gasteiger charge is -2.35. The Hall–Kier alpha value is -3.24. The third-order valence-electron chi connectivity index (χ3n) is 6.93. The molecule has 0 bridgehead atoms. The summed E-state index contributed by atoms with van der Waals surface area (Å²) in [6.45, 7) is 3.27. The fraction of sp³-hybridized carbons (Fsp3) is 0.444. The summed E-state index contributed by atoms with van der Waals surface area (Å²) in [5.74, 6) is 0.354. The van der Waals surface area contributed by atoms with Gasteiger partial charge in [-0.1, -0.05) is 6.07 Å². The summed E-state index contributed by atoms with van der Waals surface area (Å²) >= 11 is 0. The molecule has 9 nitrogen and oxygen atoms in total. The number of ether oxygens (including phenoxy) is 2. The molecule has 10 heteroatoms. The number of sulfone groups is 1. The quantitative estimate of drug-likeness (QED) is 0.395. The molecule has 1 aliphatic carbocycles. The van der Waals surface area contributed by atoms with Crippen LogP contribution in [0.4, 0.5) is 0 Å². The molecular formula is C27H30N4O5S. The molecule has 194 valence electrons. The molecule has 0 aromatic carbocycles. The number of hydrogen-bond donors (Lipinski definition) is 0. The van der Waals surface area contributed by atoms with Crippen LogP contribution in [-0.4, -0.2) is 59.2 Å². The van der Waals surface area contributed by atoms with E-state index in [0.717, 1.165) is 18.4 Å². The van der Waals surface area contributed by atoms with Crippen molar-refractivity contribution in [1.29, 1.82) is 0 Å². The molecule has 0 unspecified atom stereocenters. The average molecular weight is 523 g/mol. The number of pyridine rings is 2. The summed E-state index contributed by atoms with van der Waals surface area (Å²) in [5, 5.41) is -0.252. The lowest BCUT2D eigenvalue weighted by atomic mass is 9.72. The number of rotatable bonds is 10. The van der Waals surface area contributed by atoms with Crippen LogP contribution in [0.2, 0.25) is 0 Å². The fourth-order valence-electron chi connectivity index (χ4n) is 4.69. The van der Waals surface area contributed by atoms with Crippen molar-refractivity contribution in [3.8, 4) is 17.1 Å². The van der Waals surface area contributed by atoms with Crippen LogP contribution in [0.25, 0.3) is 11.3 Å². The predicted molar refractivity (Wildman–Crippen MR) is 137 cm³/mol. The van der Waals surface area contributed by atoms with Gasteiger partial charge in [0, 0.05) is 37.1 Å². The smallest absolute Gasteiger partial charge is 0.232 e. The maximum Gasteiger partial charge on any atom is 0.232 e. The Labute approximate surface area is 216 Å². The minimum absolute atomic E-state index is 0.00360. The standard InChI is InChI=1S/C27H30N4O5S/c1-2-36-26-17-28-16-23(31-26)19-6-7-20(29-15-19)14-25(32)27(10-12-35-13-11-27)24-5-3-4-21(30-24)18-37(33,34)22-8-9-22/h3-7,15-17,22H,2,8-14,18H2,1H3. The number of ketones is 1. The van der Waals surface area contributed by atoms with Gasteiger partial charge in [0.05, 0.1) is 52.5 Å². The summed E-state index contributed by atoms with van der Waals surface area (Å²) in [5.41, 5.74) is 2.32. The van der Waals surface area contributed by atoms with Crippen LogP contribution in [0.1, 0.15) is 49.7 Å². The van der Waals surface area contributed by atoms with E-state index >= 15 is 0 Å². The normalized spacial score (nSPS) is 17.3. The number of hydrogen-bond acceptors (Lipinski definition) is 9. The molecule has 37 heavy (non-hydrogen) atoms. The van der Waals surface area contributed by atoms with Crippen LogP contribution in [0, 0.1) is 0 Å². The molecule has 0 spiro atoms. The second kappa shape index (κ2) is 10.6. The van der Waals surface area contributed by atoms with E-state index in [4.69, 9.17) is 14.5 Å². The van der Waals surface area contributed by atoms with Gasteiger partial charge < -0.3 is 9.47 Å². The van der Waals surface area contributed by atoms with Crippen molar-refractivity contribution in [2.24, 2.45) is 0 Å². The minimum atomic E-state index is -3.21. The van der Waals surface area contributed by atoms with Gasteiger partial charge in [0.25, 0.3) is 0 Å². The first-order chi connectivity index (χ1) is 17.9. The van der Waals surface area contributed by atoms with E-state index < -0.39 is 15.3 Å². The minimum Gasteiger partial charge on any atom is -0.477 e. The van der Waals surface area contributed by atoms with Crippen LogP contribution in [-0.2, 0) is 37.0 Å². The van der Waals surface area contributed by atoms with Gasteiger partial charge in [-0.3, -0.25) is 19.7 Å². The van der Waals surface area contributed by atoms with Crippen LogP contribution >= 0.6 is 0 Å². The van der Waals surface area contributed by atoms with Crippen molar-refractivity contribution >= 4 is 15.6 Å². The Morgan fingerprint density at radius 1 is 1.05 bits per heavy atom.